The molecule has 1 heterocycles. The maximum atomic E-state index is 11.4. The number of pyridine rings is 1. The van der Waals surface area contributed by atoms with Crippen LogP contribution in [0.1, 0.15) is 62.2 Å². The van der Waals surface area contributed by atoms with Crippen LogP contribution in [-0.2, 0) is 6.42 Å². The first-order chi connectivity index (χ1) is 9.66. The fourth-order valence-electron chi connectivity index (χ4n) is 3.61. The van der Waals surface area contributed by atoms with Crippen molar-refractivity contribution < 1.29 is 5.11 Å². The quantitative estimate of drug-likeness (QED) is 0.791. The van der Waals surface area contributed by atoms with E-state index in [1.54, 1.807) is 6.07 Å². The Morgan fingerprint density at radius 2 is 2.05 bits per heavy atom. The molecule has 0 saturated heterocycles. The molecule has 0 amide bonds. The van der Waals surface area contributed by atoms with Crippen molar-refractivity contribution >= 4 is 0 Å². The van der Waals surface area contributed by atoms with Crippen molar-refractivity contribution in [2.75, 3.05) is 6.54 Å². The van der Waals surface area contributed by atoms with Crippen molar-refractivity contribution in [3.8, 4) is 0 Å². The van der Waals surface area contributed by atoms with Crippen LogP contribution in [0.15, 0.2) is 16.9 Å². The molecule has 2 aliphatic rings. The molecule has 0 radical (unpaired) electrons. The molecule has 1 aromatic heterocycles. The highest BCUT2D eigenvalue weighted by Gasteiger charge is 2.30. The zero-order valence-electron chi connectivity index (χ0n) is 12.0. The molecule has 1 aromatic rings. The van der Waals surface area contributed by atoms with Gasteiger partial charge in [-0.15, -0.1) is 0 Å². The van der Waals surface area contributed by atoms with E-state index in [9.17, 15) is 9.90 Å². The Morgan fingerprint density at radius 1 is 1.25 bits per heavy atom. The number of aromatic nitrogens is 1. The summed E-state index contributed by atoms with van der Waals surface area (Å²) in [5.41, 5.74) is 1.72. The molecular weight excluding hydrogens is 252 g/mol. The SMILES string of the molecule is O=c1ccc2c([nH]1)CCCC2NCC1(O)CCCCC1. The zero-order chi connectivity index (χ0) is 14.0. The number of hydrogen-bond donors (Lipinski definition) is 3. The number of aryl methyl sites for hydroxylation is 1. The summed E-state index contributed by atoms with van der Waals surface area (Å²) in [5, 5.41) is 14.1. The molecule has 1 unspecified atom stereocenters. The first kappa shape index (κ1) is 13.8. The van der Waals surface area contributed by atoms with Crippen LogP contribution in [0.5, 0.6) is 0 Å². The second-order valence-corrected chi connectivity index (χ2v) is 6.37. The number of aliphatic hydroxyl groups is 1. The lowest BCUT2D eigenvalue weighted by molar-refractivity contribution is 0.00213. The largest absolute Gasteiger partial charge is 0.389 e. The van der Waals surface area contributed by atoms with Gasteiger partial charge in [0, 0.05) is 24.3 Å². The summed E-state index contributed by atoms with van der Waals surface area (Å²) in [4.78, 5) is 14.3. The zero-order valence-corrected chi connectivity index (χ0v) is 12.0. The molecule has 1 fully saturated rings. The third-order valence-corrected chi connectivity index (χ3v) is 4.79. The Kier molecular flexibility index (Phi) is 3.94. The summed E-state index contributed by atoms with van der Waals surface area (Å²) < 4.78 is 0. The van der Waals surface area contributed by atoms with E-state index < -0.39 is 5.60 Å². The van der Waals surface area contributed by atoms with Gasteiger partial charge in [0.2, 0.25) is 5.56 Å². The van der Waals surface area contributed by atoms with Gasteiger partial charge in [-0.25, -0.2) is 0 Å². The van der Waals surface area contributed by atoms with Crippen molar-refractivity contribution in [1.29, 1.82) is 0 Å². The van der Waals surface area contributed by atoms with Gasteiger partial charge in [-0.1, -0.05) is 25.3 Å². The lowest BCUT2D eigenvalue weighted by atomic mass is 9.84. The number of fused-ring (bicyclic) bond motifs is 1. The molecule has 1 atom stereocenters. The fraction of sp³-hybridized carbons (Fsp3) is 0.688. The van der Waals surface area contributed by atoms with Crippen LogP contribution in [0, 0.1) is 0 Å². The fourth-order valence-corrected chi connectivity index (χ4v) is 3.61. The van der Waals surface area contributed by atoms with Gasteiger partial charge in [-0.3, -0.25) is 4.79 Å². The van der Waals surface area contributed by atoms with E-state index in [0.29, 0.717) is 6.54 Å². The monoisotopic (exact) mass is 276 g/mol. The van der Waals surface area contributed by atoms with Crippen LogP contribution in [0.2, 0.25) is 0 Å². The molecule has 0 aliphatic heterocycles. The van der Waals surface area contributed by atoms with Crippen molar-refractivity contribution in [2.45, 2.75) is 63.0 Å². The molecule has 20 heavy (non-hydrogen) atoms. The van der Waals surface area contributed by atoms with E-state index in [1.807, 2.05) is 6.07 Å². The third-order valence-electron chi connectivity index (χ3n) is 4.79. The molecule has 0 aromatic carbocycles. The summed E-state index contributed by atoms with van der Waals surface area (Å²) in [5.74, 6) is 0. The maximum Gasteiger partial charge on any atom is 0.248 e. The lowest BCUT2D eigenvalue weighted by Crippen LogP contribution is -2.44. The van der Waals surface area contributed by atoms with Crippen molar-refractivity contribution in [1.82, 2.24) is 10.3 Å². The van der Waals surface area contributed by atoms with E-state index in [4.69, 9.17) is 0 Å². The molecule has 0 bridgehead atoms. The van der Waals surface area contributed by atoms with E-state index in [1.165, 1.54) is 12.0 Å². The molecular formula is C16H24N2O2. The molecule has 3 N–H and O–H groups in total. The Balaban J connectivity index is 1.68. The summed E-state index contributed by atoms with van der Waals surface area (Å²) in [7, 11) is 0. The van der Waals surface area contributed by atoms with Gasteiger partial charge in [-0.05, 0) is 37.7 Å². The van der Waals surface area contributed by atoms with Gasteiger partial charge in [-0.2, -0.15) is 0 Å². The minimum absolute atomic E-state index is 0.0182. The Labute approximate surface area is 119 Å². The first-order valence-electron chi connectivity index (χ1n) is 7.84. The van der Waals surface area contributed by atoms with Crippen LogP contribution >= 0.6 is 0 Å². The van der Waals surface area contributed by atoms with Gasteiger partial charge in [0.05, 0.1) is 5.60 Å². The Hall–Kier alpha value is -1.13. The number of hydrogen-bond acceptors (Lipinski definition) is 3. The average Bonchev–Trinajstić information content (AvgIpc) is 2.45. The highest BCUT2D eigenvalue weighted by atomic mass is 16.3. The predicted molar refractivity (Wildman–Crippen MR) is 78.8 cm³/mol. The van der Waals surface area contributed by atoms with Crippen molar-refractivity contribution in [3.05, 3.63) is 33.7 Å². The van der Waals surface area contributed by atoms with Gasteiger partial charge >= 0.3 is 0 Å². The molecule has 3 rings (SSSR count). The molecule has 4 nitrogen and oxygen atoms in total. The third kappa shape index (κ3) is 2.96. The van der Waals surface area contributed by atoms with Crippen LogP contribution in [-0.4, -0.2) is 22.2 Å². The first-order valence-corrected chi connectivity index (χ1v) is 7.84. The predicted octanol–water partition coefficient (Wildman–Crippen LogP) is 2.04. The summed E-state index contributed by atoms with van der Waals surface area (Å²) in [6.07, 6.45) is 8.44. The Morgan fingerprint density at radius 3 is 2.85 bits per heavy atom. The highest BCUT2D eigenvalue weighted by Crippen LogP contribution is 2.31. The van der Waals surface area contributed by atoms with Crippen LogP contribution in [0.4, 0.5) is 0 Å². The number of rotatable bonds is 3. The molecule has 2 aliphatic carbocycles. The maximum absolute atomic E-state index is 11.4. The molecule has 1 saturated carbocycles. The number of H-pyrrole nitrogens is 1. The summed E-state index contributed by atoms with van der Waals surface area (Å²) >= 11 is 0. The normalized spacial score (nSPS) is 25.1. The standard InChI is InChI=1S/C16H24N2O2/c19-15-8-7-12-13(5-4-6-14(12)18-15)17-11-16(20)9-2-1-3-10-16/h7-8,13,17,20H,1-6,9-11H2,(H,18,19). The number of nitrogens with one attached hydrogen (secondary N) is 2. The van der Waals surface area contributed by atoms with Gasteiger partial charge in [0.25, 0.3) is 0 Å². The minimum Gasteiger partial charge on any atom is -0.389 e. The van der Waals surface area contributed by atoms with Crippen LogP contribution in [0.3, 0.4) is 0 Å². The smallest absolute Gasteiger partial charge is 0.248 e. The van der Waals surface area contributed by atoms with Crippen LogP contribution in [0.25, 0.3) is 0 Å². The minimum atomic E-state index is -0.530. The highest BCUT2D eigenvalue weighted by molar-refractivity contribution is 5.26. The molecule has 110 valence electrons. The van der Waals surface area contributed by atoms with E-state index >= 15 is 0 Å². The summed E-state index contributed by atoms with van der Waals surface area (Å²) in [6.45, 7) is 0.663. The van der Waals surface area contributed by atoms with E-state index in [2.05, 4.69) is 10.3 Å². The van der Waals surface area contributed by atoms with Crippen molar-refractivity contribution in [2.24, 2.45) is 0 Å². The average molecular weight is 276 g/mol. The van der Waals surface area contributed by atoms with Gasteiger partial charge in [0.1, 0.15) is 0 Å². The lowest BCUT2D eigenvalue weighted by Gasteiger charge is -2.35. The van der Waals surface area contributed by atoms with Crippen LogP contribution < -0.4 is 10.9 Å². The molecule has 0 spiro atoms. The second kappa shape index (κ2) is 5.70. The summed E-state index contributed by atoms with van der Waals surface area (Å²) in [6, 6.07) is 3.81. The molecule has 4 heteroatoms. The topological polar surface area (TPSA) is 65.1 Å². The number of aromatic amines is 1. The van der Waals surface area contributed by atoms with Crippen molar-refractivity contribution in [3.63, 3.8) is 0 Å². The van der Waals surface area contributed by atoms with E-state index in [0.717, 1.165) is 50.6 Å². The van der Waals surface area contributed by atoms with E-state index in [-0.39, 0.29) is 11.6 Å². The second-order valence-electron chi connectivity index (χ2n) is 6.37. The van der Waals surface area contributed by atoms with Gasteiger partial charge in [0.15, 0.2) is 0 Å². The van der Waals surface area contributed by atoms with Gasteiger partial charge < -0.3 is 15.4 Å². The Bertz CT molecular complexity index is 517.